The molecular weight excluding hydrogens is 312 g/mol. The summed E-state index contributed by atoms with van der Waals surface area (Å²) in [5.41, 5.74) is 2.72. The number of benzene rings is 1. The molecule has 0 saturated heterocycles. The van der Waals surface area contributed by atoms with Crippen molar-refractivity contribution in [1.29, 1.82) is 0 Å². The van der Waals surface area contributed by atoms with Crippen LogP contribution >= 0.6 is 0 Å². The van der Waals surface area contributed by atoms with E-state index < -0.39 is 0 Å². The van der Waals surface area contributed by atoms with Crippen LogP contribution in [0.2, 0.25) is 0 Å². The minimum absolute atomic E-state index is 0.447. The number of nitrogens with zero attached hydrogens (tertiary/aromatic N) is 4. The van der Waals surface area contributed by atoms with Crippen LogP contribution in [0.5, 0.6) is 5.75 Å². The number of aromatic nitrogens is 3. The summed E-state index contributed by atoms with van der Waals surface area (Å²) in [5.74, 6) is 1.81. The molecule has 1 aliphatic heterocycles. The molecule has 3 aromatic rings. The largest absolute Gasteiger partial charge is 0.486 e. The van der Waals surface area contributed by atoms with Crippen LogP contribution in [0.4, 0.5) is 0 Å². The fourth-order valence-corrected chi connectivity index (χ4v) is 3.45. The lowest BCUT2D eigenvalue weighted by Crippen LogP contribution is -2.35. The third-order valence-corrected chi connectivity index (χ3v) is 5.07. The van der Waals surface area contributed by atoms with Crippen LogP contribution in [0, 0.1) is 0 Å². The van der Waals surface area contributed by atoms with Crippen molar-refractivity contribution in [1.82, 2.24) is 19.0 Å². The highest BCUT2D eigenvalue weighted by atomic mass is 16.5. The van der Waals surface area contributed by atoms with E-state index in [-0.39, 0.29) is 0 Å². The second kappa shape index (κ2) is 6.76. The molecule has 0 N–H and O–H groups in total. The second-order valence-corrected chi connectivity index (χ2v) is 6.66. The summed E-state index contributed by atoms with van der Waals surface area (Å²) >= 11 is 0. The quantitative estimate of drug-likeness (QED) is 0.716. The fraction of sp³-hybridized carbons (Fsp3) is 0.350. The Bertz CT molecular complexity index is 834. The van der Waals surface area contributed by atoms with Crippen LogP contribution in [0.3, 0.4) is 0 Å². The molecule has 0 fully saturated rings. The van der Waals surface area contributed by atoms with Crippen LogP contribution in [0.15, 0.2) is 55.0 Å². The van der Waals surface area contributed by atoms with Crippen molar-refractivity contribution in [3.63, 3.8) is 0 Å². The highest BCUT2D eigenvalue weighted by Gasteiger charge is 2.23. The number of hydrogen-bond acceptors (Lipinski definition) is 3. The third-order valence-electron chi connectivity index (χ3n) is 5.07. The van der Waals surface area contributed by atoms with E-state index in [1.807, 2.05) is 17.8 Å². The summed E-state index contributed by atoms with van der Waals surface area (Å²) in [6.07, 6.45) is 5.90. The van der Waals surface area contributed by atoms with Crippen molar-refractivity contribution in [2.75, 3.05) is 6.54 Å². The molecule has 1 aliphatic rings. The van der Waals surface area contributed by atoms with E-state index in [0.717, 1.165) is 31.2 Å². The molecular formula is C20H24N4O. The number of ether oxygens (including phenoxy) is 1. The van der Waals surface area contributed by atoms with Crippen LogP contribution in [0.1, 0.15) is 30.0 Å². The summed E-state index contributed by atoms with van der Waals surface area (Å²) in [4.78, 5) is 6.80. The van der Waals surface area contributed by atoms with E-state index in [1.165, 1.54) is 11.3 Å². The predicted octanol–water partition coefficient (Wildman–Crippen LogP) is 3.38. The Balaban J connectivity index is 1.37. The van der Waals surface area contributed by atoms with Gasteiger partial charge in [-0.25, -0.2) is 4.98 Å². The van der Waals surface area contributed by atoms with Gasteiger partial charge in [-0.2, -0.15) is 0 Å². The lowest BCUT2D eigenvalue weighted by molar-refractivity contribution is 0.161. The number of imidazole rings is 1. The zero-order valence-electron chi connectivity index (χ0n) is 14.8. The number of fused-ring (bicyclic) bond motifs is 1. The first-order valence-corrected chi connectivity index (χ1v) is 8.78. The minimum atomic E-state index is 0.447. The van der Waals surface area contributed by atoms with Gasteiger partial charge in [0.15, 0.2) is 0 Å². The molecule has 4 rings (SSSR count). The van der Waals surface area contributed by atoms with E-state index >= 15 is 0 Å². The molecule has 0 saturated carbocycles. The normalized spacial score (nSPS) is 17.4. The summed E-state index contributed by atoms with van der Waals surface area (Å²) in [7, 11) is 1.98. The average molecular weight is 336 g/mol. The van der Waals surface area contributed by atoms with Gasteiger partial charge in [-0.3, -0.25) is 4.90 Å². The van der Waals surface area contributed by atoms with E-state index in [0.29, 0.717) is 12.6 Å². The summed E-state index contributed by atoms with van der Waals surface area (Å²) in [5, 5.41) is 0. The number of rotatable bonds is 5. The molecule has 2 aromatic heterocycles. The van der Waals surface area contributed by atoms with Gasteiger partial charge in [0.25, 0.3) is 0 Å². The molecule has 5 heteroatoms. The predicted molar refractivity (Wildman–Crippen MR) is 97.2 cm³/mol. The lowest BCUT2D eigenvalue weighted by atomic mass is 10.1. The molecule has 0 radical (unpaired) electrons. The van der Waals surface area contributed by atoms with Gasteiger partial charge in [0.05, 0.1) is 0 Å². The van der Waals surface area contributed by atoms with Crippen LogP contribution < -0.4 is 4.74 Å². The van der Waals surface area contributed by atoms with Gasteiger partial charge in [-0.1, -0.05) is 12.1 Å². The number of aryl methyl sites for hydroxylation is 1. The summed E-state index contributed by atoms with van der Waals surface area (Å²) < 4.78 is 10.2. The van der Waals surface area contributed by atoms with Gasteiger partial charge < -0.3 is 13.9 Å². The Morgan fingerprint density at radius 1 is 1.12 bits per heavy atom. The molecule has 130 valence electrons. The van der Waals surface area contributed by atoms with Gasteiger partial charge in [0.2, 0.25) is 0 Å². The Hall–Kier alpha value is -2.53. The van der Waals surface area contributed by atoms with E-state index in [9.17, 15) is 0 Å². The monoisotopic (exact) mass is 336 g/mol. The van der Waals surface area contributed by atoms with Gasteiger partial charge in [0, 0.05) is 57.0 Å². The van der Waals surface area contributed by atoms with Crippen LogP contribution in [-0.2, 0) is 26.7 Å². The van der Waals surface area contributed by atoms with Crippen molar-refractivity contribution in [3.05, 3.63) is 72.1 Å². The molecule has 1 atom stereocenters. The van der Waals surface area contributed by atoms with Gasteiger partial charge >= 0.3 is 0 Å². The average Bonchev–Trinajstić information content (AvgIpc) is 3.26. The SMILES string of the molecule is C[C@@H]1c2cccn2CCN1Cc1ccc(OCc2nccn2C)cc1. The Labute approximate surface area is 148 Å². The Morgan fingerprint density at radius 3 is 2.72 bits per heavy atom. The smallest absolute Gasteiger partial charge is 0.146 e. The first kappa shape index (κ1) is 16.0. The van der Waals surface area contributed by atoms with Crippen LogP contribution in [-0.4, -0.2) is 25.6 Å². The standard InChI is InChI=1S/C20H24N4O/c1-16-19-4-3-10-23(19)12-13-24(16)14-17-5-7-18(8-6-17)25-15-20-21-9-11-22(20)2/h3-11,16H,12-15H2,1-2H3/t16-/m1/s1. The number of hydrogen-bond donors (Lipinski definition) is 0. The van der Waals surface area contributed by atoms with Gasteiger partial charge in [-0.05, 0) is 36.8 Å². The maximum Gasteiger partial charge on any atom is 0.146 e. The zero-order chi connectivity index (χ0) is 17.2. The van der Waals surface area contributed by atoms with Crippen molar-refractivity contribution in [3.8, 4) is 5.75 Å². The van der Waals surface area contributed by atoms with Crippen molar-refractivity contribution < 1.29 is 4.74 Å². The molecule has 0 amide bonds. The lowest BCUT2D eigenvalue weighted by Gasteiger charge is -2.34. The molecule has 25 heavy (non-hydrogen) atoms. The first-order valence-electron chi connectivity index (χ1n) is 8.78. The molecule has 0 bridgehead atoms. The minimum Gasteiger partial charge on any atom is -0.486 e. The molecule has 5 nitrogen and oxygen atoms in total. The maximum absolute atomic E-state index is 5.83. The van der Waals surface area contributed by atoms with Crippen molar-refractivity contribution in [2.45, 2.75) is 32.7 Å². The molecule has 0 unspecified atom stereocenters. The molecule has 3 heterocycles. The summed E-state index contributed by atoms with van der Waals surface area (Å²) in [6.45, 7) is 5.89. The topological polar surface area (TPSA) is 35.2 Å². The Morgan fingerprint density at radius 2 is 1.96 bits per heavy atom. The van der Waals surface area contributed by atoms with Crippen LogP contribution in [0.25, 0.3) is 0 Å². The van der Waals surface area contributed by atoms with Crippen molar-refractivity contribution in [2.24, 2.45) is 7.05 Å². The zero-order valence-corrected chi connectivity index (χ0v) is 14.8. The molecule has 0 spiro atoms. The highest BCUT2D eigenvalue weighted by molar-refractivity contribution is 5.27. The Kier molecular flexibility index (Phi) is 4.32. The van der Waals surface area contributed by atoms with Gasteiger partial charge in [-0.15, -0.1) is 0 Å². The van der Waals surface area contributed by atoms with E-state index in [1.54, 1.807) is 6.20 Å². The van der Waals surface area contributed by atoms with Crippen molar-refractivity contribution >= 4 is 0 Å². The molecule has 1 aromatic carbocycles. The maximum atomic E-state index is 5.83. The second-order valence-electron chi connectivity index (χ2n) is 6.66. The third kappa shape index (κ3) is 3.33. The highest BCUT2D eigenvalue weighted by Crippen LogP contribution is 2.27. The fourth-order valence-electron chi connectivity index (χ4n) is 3.45. The van der Waals surface area contributed by atoms with E-state index in [4.69, 9.17) is 4.74 Å². The van der Waals surface area contributed by atoms with Gasteiger partial charge in [0.1, 0.15) is 18.2 Å². The summed E-state index contributed by atoms with van der Waals surface area (Å²) in [6, 6.07) is 13.2. The first-order chi connectivity index (χ1) is 12.2. The van der Waals surface area contributed by atoms with E-state index in [2.05, 4.69) is 64.0 Å². The molecule has 0 aliphatic carbocycles.